The molecule has 0 aliphatic rings. The van der Waals surface area contributed by atoms with E-state index in [0.717, 1.165) is 60.8 Å². The number of aromatic nitrogens is 5. The van der Waals surface area contributed by atoms with Crippen LogP contribution in [0.5, 0.6) is 0 Å². The maximum absolute atomic E-state index is 5.37. The van der Waals surface area contributed by atoms with E-state index < -0.39 is 0 Å². The van der Waals surface area contributed by atoms with E-state index in [9.17, 15) is 0 Å². The van der Waals surface area contributed by atoms with Crippen molar-refractivity contribution in [3.63, 3.8) is 0 Å². The van der Waals surface area contributed by atoms with Crippen LogP contribution in [0.2, 0.25) is 0 Å². The van der Waals surface area contributed by atoms with Crippen LogP contribution in [0.3, 0.4) is 0 Å². The number of para-hydroxylation sites is 2. The zero-order valence-corrected chi connectivity index (χ0v) is 23.4. The molecule has 0 aliphatic heterocycles. The summed E-state index contributed by atoms with van der Waals surface area (Å²) < 4.78 is 4.44. The predicted molar refractivity (Wildman–Crippen MR) is 175 cm³/mol. The highest BCUT2D eigenvalue weighted by atomic mass is 15.2. The molecule has 0 saturated carbocycles. The Labute approximate surface area is 242 Å². The van der Waals surface area contributed by atoms with Crippen LogP contribution in [0, 0.1) is 6.92 Å². The van der Waals surface area contributed by atoms with Gasteiger partial charge in [-0.1, -0.05) is 103 Å². The summed E-state index contributed by atoms with van der Waals surface area (Å²) in [4.78, 5) is 15.7. The third-order valence-electron chi connectivity index (χ3n) is 8.03. The van der Waals surface area contributed by atoms with E-state index in [1.807, 2.05) is 37.3 Å². The number of rotatable bonds is 4. The fraction of sp³-hybridized carbons (Fsp3) is 0.0541. The van der Waals surface area contributed by atoms with Crippen LogP contribution in [0.4, 0.5) is 0 Å². The molecule has 0 aliphatic carbocycles. The van der Waals surface area contributed by atoms with Gasteiger partial charge in [-0.3, -0.25) is 8.97 Å². The van der Waals surface area contributed by atoms with E-state index in [-0.39, 0.29) is 0 Å². The molecule has 0 bridgehead atoms. The van der Waals surface area contributed by atoms with Crippen LogP contribution in [0.1, 0.15) is 18.2 Å². The first-order valence-electron chi connectivity index (χ1n) is 14.1. The lowest BCUT2D eigenvalue weighted by Crippen LogP contribution is -2.05. The number of nitrogens with zero attached hydrogens (tertiary/aromatic N) is 5. The van der Waals surface area contributed by atoms with Gasteiger partial charge >= 0.3 is 0 Å². The second-order valence-electron chi connectivity index (χ2n) is 10.6. The van der Waals surface area contributed by atoms with Crippen LogP contribution in [0.25, 0.3) is 71.8 Å². The van der Waals surface area contributed by atoms with Crippen molar-refractivity contribution in [1.82, 2.24) is 23.9 Å². The van der Waals surface area contributed by atoms with Crippen molar-refractivity contribution in [2.24, 2.45) is 0 Å². The molecule has 0 unspecified atom stereocenters. The van der Waals surface area contributed by atoms with Gasteiger partial charge in [-0.05, 0) is 43.5 Å². The molecular formula is C37H27N5. The average Bonchev–Trinajstić information content (AvgIpc) is 3.56. The highest BCUT2D eigenvalue weighted by Gasteiger charge is 2.23. The van der Waals surface area contributed by atoms with Crippen molar-refractivity contribution in [3.05, 3.63) is 133 Å². The Hall–Kier alpha value is -5.55. The van der Waals surface area contributed by atoms with E-state index in [2.05, 4.69) is 101 Å². The molecule has 0 saturated heterocycles. The van der Waals surface area contributed by atoms with Crippen molar-refractivity contribution in [2.45, 2.75) is 13.8 Å². The molecule has 0 amide bonds. The predicted octanol–water partition coefficient (Wildman–Crippen LogP) is 9.13. The average molecular weight is 542 g/mol. The molecular weight excluding hydrogens is 514 g/mol. The molecule has 5 heteroatoms. The Bertz CT molecular complexity index is 2450. The Morgan fingerprint density at radius 2 is 1.45 bits per heavy atom. The van der Waals surface area contributed by atoms with Crippen LogP contribution < -0.4 is 0 Å². The summed E-state index contributed by atoms with van der Waals surface area (Å²) in [5, 5.41) is 5.61. The normalized spacial score (nSPS) is 12.7. The van der Waals surface area contributed by atoms with E-state index >= 15 is 0 Å². The number of pyridine rings is 1. The molecule has 0 atom stereocenters. The van der Waals surface area contributed by atoms with Gasteiger partial charge in [0.1, 0.15) is 11.2 Å². The van der Waals surface area contributed by atoms with Gasteiger partial charge < -0.3 is 0 Å². The molecule has 8 rings (SSSR count). The third kappa shape index (κ3) is 3.40. The smallest absolute Gasteiger partial charge is 0.237 e. The van der Waals surface area contributed by atoms with Gasteiger partial charge in [0, 0.05) is 27.1 Å². The maximum Gasteiger partial charge on any atom is 0.237 e. The molecule has 0 spiro atoms. The van der Waals surface area contributed by atoms with Crippen LogP contribution in [0.15, 0.2) is 122 Å². The molecule has 0 fully saturated rings. The Kier molecular flexibility index (Phi) is 5.34. The van der Waals surface area contributed by atoms with Gasteiger partial charge in [-0.2, -0.15) is 0 Å². The topological polar surface area (TPSA) is 48.0 Å². The fourth-order valence-corrected chi connectivity index (χ4v) is 6.29. The van der Waals surface area contributed by atoms with E-state index in [0.29, 0.717) is 5.95 Å². The van der Waals surface area contributed by atoms with Gasteiger partial charge in [0.2, 0.25) is 5.95 Å². The minimum atomic E-state index is 0.587. The second kappa shape index (κ2) is 9.25. The Morgan fingerprint density at radius 1 is 0.714 bits per heavy atom. The van der Waals surface area contributed by atoms with E-state index in [1.54, 1.807) is 6.08 Å². The van der Waals surface area contributed by atoms with Gasteiger partial charge in [0.25, 0.3) is 0 Å². The second-order valence-corrected chi connectivity index (χ2v) is 10.6. The molecule has 0 radical (unpaired) electrons. The lowest BCUT2D eigenvalue weighted by atomic mass is 10.1. The highest BCUT2D eigenvalue weighted by Crippen LogP contribution is 2.38. The lowest BCUT2D eigenvalue weighted by molar-refractivity contribution is 0.992. The fourth-order valence-electron chi connectivity index (χ4n) is 6.29. The van der Waals surface area contributed by atoms with Crippen molar-refractivity contribution in [1.29, 1.82) is 0 Å². The maximum atomic E-state index is 5.37. The van der Waals surface area contributed by atoms with Crippen LogP contribution >= 0.6 is 0 Å². The van der Waals surface area contributed by atoms with Crippen molar-refractivity contribution in [2.75, 3.05) is 0 Å². The summed E-state index contributed by atoms with van der Waals surface area (Å²) in [7, 11) is 0. The summed E-state index contributed by atoms with van der Waals surface area (Å²) in [6, 6.07) is 31.8. The minimum absolute atomic E-state index is 0.587. The molecule has 42 heavy (non-hydrogen) atoms. The number of hydrogen-bond acceptors (Lipinski definition) is 3. The SMILES string of the molecule is C=C/C=C(\C=C/C)c1nc(-n2c3ccc(C)cc3c3c2nc2c4ccccc4c4ccccc4n23)nc2ccccc12. The first kappa shape index (κ1) is 24.3. The number of allylic oxidation sites excluding steroid dienone is 5. The van der Waals surface area contributed by atoms with Crippen molar-refractivity contribution < 1.29 is 0 Å². The third-order valence-corrected chi connectivity index (χ3v) is 8.03. The number of fused-ring (bicyclic) bond motifs is 11. The number of aryl methyl sites for hydroxylation is 1. The molecule has 5 nitrogen and oxygen atoms in total. The van der Waals surface area contributed by atoms with Crippen molar-refractivity contribution in [3.8, 4) is 5.95 Å². The molecule has 4 aromatic heterocycles. The first-order valence-corrected chi connectivity index (χ1v) is 14.1. The van der Waals surface area contributed by atoms with Gasteiger partial charge in [0.05, 0.1) is 22.2 Å². The summed E-state index contributed by atoms with van der Waals surface area (Å²) >= 11 is 0. The lowest BCUT2D eigenvalue weighted by Gasteiger charge is -2.11. The Morgan fingerprint density at radius 3 is 2.26 bits per heavy atom. The van der Waals surface area contributed by atoms with E-state index in [4.69, 9.17) is 15.0 Å². The monoisotopic (exact) mass is 541 g/mol. The van der Waals surface area contributed by atoms with Gasteiger partial charge in [-0.25, -0.2) is 15.0 Å². The number of benzene rings is 4. The van der Waals surface area contributed by atoms with Crippen LogP contribution in [-0.4, -0.2) is 23.9 Å². The van der Waals surface area contributed by atoms with Crippen molar-refractivity contribution >= 4 is 65.9 Å². The molecule has 4 aromatic carbocycles. The number of hydrogen-bond donors (Lipinski definition) is 0. The highest BCUT2D eigenvalue weighted by molar-refractivity contribution is 6.17. The van der Waals surface area contributed by atoms with Gasteiger partial charge in [-0.15, -0.1) is 0 Å². The van der Waals surface area contributed by atoms with Gasteiger partial charge in [0.15, 0.2) is 5.65 Å². The summed E-state index contributed by atoms with van der Waals surface area (Å²) in [6.45, 7) is 8.10. The Balaban J connectivity index is 1.59. The number of imidazole rings is 1. The first-order chi connectivity index (χ1) is 20.7. The van der Waals surface area contributed by atoms with Crippen LogP contribution in [-0.2, 0) is 0 Å². The zero-order chi connectivity index (χ0) is 28.4. The van der Waals surface area contributed by atoms with E-state index in [1.165, 1.54) is 16.3 Å². The largest absolute Gasteiger partial charge is 0.289 e. The molecule has 4 heterocycles. The summed E-state index contributed by atoms with van der Waals surface area (Å²) in [5.74, 6) is 0.587. The quantitative estimate of drug-likeness (QED) is 0.165. The molecule has 0 N–H and O–H groups in total. The summed E-state index contributed by atoms with van der Waals surface area (Å²) in [6.07, 6.45) is 7.89. The minimum Gasteiger partial charge on any atom is -0.289 e. The molecule has 8 aromatic rings. The summed E-state index contributed by atoms with van der Waals surface area (Å²) in [5.41, 5.74) is 8.85. The molecule has 200 valence electrons. The zero-order valence-electron chi connectivity index (χ0n) is 23.4. The standard InChI is InChI=1S/C37H27N5/c1-4-12-24(13-5-2)33-28-17-8-10-18-30(28)38-37(39-33)42-32-21-20-23(3)22-29(32)34-36(42)40-35-27-16-7-6-14-25(27)26-15-9-11-19-31(26)41(34)35/h4-22H,1H2,2-3H3/b13-5-,24-12+.